The van der Waals surface area contributed by atoms with Gasteiger partial charge in [-0.25, -0.2) is 4.57 Å². The first kappa shape index (κ1) is 36.0. The highest BCUT2D eigenvalue weighted by Gasteiger charge is 2.26. The van der Waals surface area contributed by atoms with E-state index in [2.05, 4.69) is 14.0 Å². The number of phosphoric acid groups is 1. The number of quaternary nitrogens is 1. The van der Waals surface area contributed by atoms with Gasteiger partial charge in [0.1, 0.15) is 6.10 Å². The first-order valence-corrected chi connectivity index (χ1v) is 17.6. The van der Waals surface area contributed by atoms with Gasteiger partial charge in [-0.05, 0) is 19.3 Å². The summed E-state index contributed by atoms with van der Waals surface area (Å²) >= 11 is 0. The van der Waals surface area contributed by atoms with Gasteiger partial charge in [0.2, 0.25) is 0 Å². The van der Waals surface area contributed by atoms with Crippen LogP contribution in [0.2, 0.25) is 0 Å². The van der Waals surface area contributed by atoms with Crippen molar-refractivity contribution in [1.82, 2.24) is 0 Å². The minimum Gasteiger partial charge on any atom is -0.388 e. The van der Waals surface area contributed by atoms with Gasteiger partial charge in [-0.15, -0.1) is 0 Å². The Morgan fingerprint density at radius 1 is 0.684 bits per heavy atom. The third-order valence-electron chi connectivity index (χ3n) is 7.88. The number of unbranched alkanes of at least 4 members (excludes halogenated alkanes) is 16. The fourth-order valence-corrected chi connectivity index (χ4v) is 6.13. The summed E-state index contributed by atoms with van der Waals surface area (Å²) in [5, 5.41) is 9.97. The molecule has 0 aromatic carbocycles. The van der Waals surface area contributed by atoms with Crippen molar-refractivity contribution in [1.29, 1.82) is 0 Å². The number of rotatable bonds is 28. The number of hydrogen-bond donors (Lipinski definition) is 2. The summed E-state index contributed by atoms with van der Waals surface area (Å²) < 4.78 is 28.6. The van der Waals surface area contributed by atoms with E-state index in [9.17, 15) is 14.6 Å². The molecule has 228 valence electrons. The molecule has 7 nitrogen and oxygen atoms in total. The molecule has 1 aliphatic rings. The predicted molar refractivity (Wildman–Crippen MR) is 157 cm³/mol. The molecule has 2 N–H and O–H groups in total. The molecule has 0 aliphatic carbocycles. The number of aliphatic hydroxyl groups excluding tert-OH is 1. The minimum atomic E-state index is -4.13. The smallest absolute Gasteiger partial charge is 0.388 e. The van der Waals surface area contributed by atoms with Gasteiger partial charge in [0.25, 0.3) is 0 Å². The molecule has 0 saturated carbocycles. The number of likely N-dealkylation sites (tertiary alicyclic amines) is 1. The Labute approximate surface area is 235 Å². The van der Waals surface area contributed by atoms with Crippen molar-refractivity contribution in [3.8, 4) is 0 Å². The van der Waals surface area contributed by atoms with Gasteiger partial charge < -0.3 is 19.2 Å². The Bertz CT molecular complexity index is 573. The van der Waals surface area contributed by atoms with E-state index in [1.807, 2.05) is 0 Å². The van der Waals surface area contributed by atoms with Gasteiger partial charge in [0.05, 0.1) is 46.5 Å². The third kappa shape index (κ3) is 21.8. The van der Waals surface area contributed by atoms with E-state index in [4.69, 9.17) is 13.8 Å². The highest BCUT2D eigenvalue weighted by molar-refractivity contribution is 7.47. The summed E-state index contributed by atoms with van der Waals surface area (Å²) in [5.74, 6) is 0. The van der Waals surface area contributed by atoms with Crippen LogP contribution in [0.4, 0.5) is 0 Å². The van der Waals surface area contributed by atoms with Crippen LogP contribution in [-0.4, -0.2) is 73.7 Å². The van der Waals surface area contributed by atoms with Crippen LogP contribution in [0.3, 0.4) is 0 Å². The molecular formula is C30H63NO6P+. The Hall–Kier alpha value is -0.0100. The van der Waals surface area contributed by atoms with Crippen molar-refractivity contribution in [2.45, 2.75) is 141 Å². The number of phosphoric ester groups is 1. The van der Waals surface area contributed by atoms with Crippen molar-refractivity contribution in [2.75, 3.05) is 53.1 Å². The second-order valence-electron chi connectivity index (χ2n) is 11.8. The lowest BCUT2D eigenvalue weighted by Crippen LogP contribution is -2.41. The Balaban J connectivity index is 1.81. The van der Waals surface area contributed by atoms with Crippen LogP contribution >= 0.6 is 7.82 Å². The zero-order valence-corrected chi connectivity index (χ0v) is 26.0. The van der Waals surface area contributed by atoms with Gasteiger partial charge >= 0.3 is 7.82 Å². The average molecular weight is 565 g/mol. The quantitative estimate of drug-likeness (QED) is 0.0573. The number of ether oxygens (including phenoxy) is 1. The van der Waals surface area contributed by atoms with Gasteiger partial charge in [0, 0.05) is 19.4 Å². The number of nitrogens with zero attached hydrogens (tertiary/aromatic N) is 1. The summed E-state index contributed by atoms with van der Waals surface area (Å²) in [4.78, 5) is 9.81. The molecule has 1 saturated heterocycles. The van der Waals surface area contributed by atoms with E-state index in [1.165, 1.54) is 116 Å². The van der Waals surface area contributed by atoms with Crippen molar-refractivity contribution in [3.63, 3.8) is 0 Å². The zero-order valence-electron chi connectivity index (χ0n) is 25.1. The molecule has 0 radical (unpaired) electrons. The lowest BCUT2D eigenvalue weighted by molar-refractivity contribution is -0.897. The molecule has 1 fully saturated rings. The second kappa shape index (κ2) is 23.7. The van der Waals surface area contributed by atoms with E-state index in [1.54, 1.807) is 0 Å². The lowest BCUT2D eigenvalue weighted by atomic mass is 10.0. The van der Waals surface area contributed by atoms with E-state index in [0.717, 1.165) is 36.7 Å². The van der Waals surface area contributed by atoms with E-state index >= 15 is 0 Å². The Morgan fingerprint density at radius 3 is 1.68 bits per heavy atom. The summed E-state index contributed by atoms with van der Waals surface area (Å²) in [7, 11) is -1.85. The fraction of sp³-hybridized carbons (Fsp3) is 1.00. The van der Waals surface area contributed by atoms with Crippen LogP contribution in [0.1, 0.15) is 135 Å². The molecule has 0 amide bonds. The number of aliphatic hydroxyl groups is 1. The maximum atomic E-state index is 12.0. The van der Waals surface area contributed by atoms with Gasteiger partial charge in [-0.3, -0.25) is 9.05 Å². The standard InChI is InChI=1S/C30H62NO6P/c1-3-4-5-6-7-8-9-10-11-12-13-14-15-16-17-21-26-35-28-30(32)29-37-38(33,34)36-27-22-20-25-31(2)23-18-19-24-31/h30,32H,3-29H2,1-2H3/p+1. The average Bonchev–Trinajstić information content (AvgIpc) is 3.33. The lowest BCUT2D eigenvalue weighted by Gasteiger charge is -2.29. The first-order chi connectivity index (χ1) is 18.4. The molecule has 0 aromatic rings. The highest BCUT2D eigenvalue weighted by Crippen LogP contribution is 2.43. The van der Waals surface area contributed by atoms with Gasteiger partial charge in [-0.2, -0.15) is 0 Å². The molecule has 0 spiro atoms. The zero-order chi connectivity index (χ0) is 27.8. The van der Waals surface area contributed by atoms with Crippen molar-refractivity contribution >= 4 is 7.82 Å². The third-order valence-corrected chi connectivity index (χ3v) is 8.86. The molecule has 2 unspecified atom stereocenters. The summed E-state index contributed by atoms with van der Waals surface area (Å²) in [6.45, 7) is 6.44. The molecule has 8 heteroatoms. The molecule has 38 heavy (non-hydrogen) atoms. The topological polar surface area (TPSA) is 85.2 Å². The Morgan fingerprint density at radius 2 is 1.16 bits per heavy atom. The predicted octanol–water partition coefficient (Wildman–Crippen LogP) is 7.78. The van der Waals surface area contributed by atoms with Crippen molar-refractivity contribution in [2.24, 2.45) is 0 Å². The van der Waals surface area contributed by atoms with E-state index in [-0.39, 0.29) is 19.8 Å². The fourth-order valence-electron chi connectivity index (χ4n) is 5.34. The van der Waals surface area contributed by atoms with Crippen LogP contribution in [-0.2, 0) is 18.3 Å². The summed E-state index contributed by atoms with van der Waals surface area (Å²) in [6.07, 6.45) is 24.7. The molecule has 1 rings (SSSR count). The van der Waals surface area contributed by atoms with E-state index < -0.39 is 13.9 Å². The molecule has 1 heterocycles. The van der Waals surface area contributed by atoms with Crippen LogP contribution in [0, 0.1) is 0 Å². The first-order valence-electron chi connectivity index (χ1n) is 16.1. The number of hydrogen-bond acceptors (Lipinski definition) is 5. The summed E-state index contributed by atoms with van der Waals surface area (Å²) in [6, 6.07) is 0. The maximum absolute atomic E-state index is 12.0. The second-order valence-corrected chi connectivity index (χ2v) is 13.3. The van der Waals surface area contributed by atoms with Crippen molar-refractivity contribution < 1.29 is 32.8 Å². The minimum absolute atomic E-state index is 0.106. The SMILES string of the molecule is CCCCCCCCCCCCCCCCCCOCC(O)COP(=O)(O)OCCCC[N+]1(C)CCCC1. The highest BCUT2D eigenvalue weighted by atomic mass is 31.2. The monoisotopic (exact) mass is 564 g/mol. The van der Waals surface area contributed by atoms with Gasteiger partial charge in [0.15, 0.2) is 0 Å². The van der Waals surface area contributed by atoms with Gasteiger partial charge in [-0.1, -0.05) is 103 Å². The summed E-state index contributed by atoms with van der Waals surface area (Å²) in [5.41, 5.74) is 0. The van der Waals surface area contributed by atoms with Crippen molar-refractivity contribution in [3.05, 3.63) is 0 Å². The molecule has 1 aliphatic heterocycles. The molecular weight excluding hydrogens is 501 g/mol. The Kier molecular flexibility index (Phi) is 22.4. The van der Waals surface area contributed by atoms with E-state index in [0.29, 0.717) is 6.61 Å². The normalized spacial score (nSPS) is 17.6. The van der Waals surface area contributed by atoms with Crippen LogP contribution in [0.15, 0.2) is 0 Å². The van der Waals surface area contributed by atoms with Crippen LogP contribution < -0.4 is 0 Å². The molecule has 0 bridgehead atoms. The van der Waals surface area contributed by atoms with Crippen LogP contribution in [0.5, 0.6) is 0 Å². The van der Waals surface area contributed by atoms with Crippen LogP contribution in [0.25, 0.3) is 0 Å². The maximum Gasteiger partial charge on any atom is 0.472 e. The molecule has 0 aromatic heterocycles. The molecule has 2 atom stereocenters. The largest absolute Gasteiger partial charge is 0.472 e.